The Hall–Kier alpha value is -2.20. The molecule has 0 saturated carbocycles. The lowest BCUT2D eigenvalue weighted by atomic mass is 10.1. The first-order chi connectivity index (χ1) is 12.7. The average molecular weight is 484 g/mol. The summed E-state index contributed by atoms with van der Waals surface area (Å²) >= 11 is 0. The maximum absolute atomic E-state index is 10.7. The topological polar surface area (TPSA) is 88.8 Å². The van der Waals surface area contributed by atoms with Crippen molar-refractivity contribution in [3.05, 3.63) is 75.8 Å². The van der Waals surface area contributed by atoms with E-state index in [-0.39, 0.29) is 29.7 Å². The molecule has 2 N–H and O–H groups in total. The van der Waals surface area contributed by atoms with Crippen LogP contribution in [0.3, 0.4) is 0 Å². The molecule has 0 amide bonds. The molecule has 146 valence electrons. The first kappa shape index (κ1) is 22.8. The molecule has 8 heteroatoms. The third kappa shape index (κ3) is 8.83. The highest BCUT2D eigenvalue weighted by Gasteiger charge is 2.04. The van der Waals surface area contributed by atoms with Crippen LogP contribution in [0.5, 0.6) is 0 Å². The third-order valence-corrected chi connectivity index (χ3v) is 3.71. The molecule has 2 aromatic rings. The lowest BCUT2D eigenvalue weighted by Crippen LogP contribution is -2.40. The Morgan fingerprint density at radius 3 is 2.33 bits per heavy atom. The van der Waals surface area contributed by atoms with Gasteiger partial charge in [0.05, 0.1) is 18.1 Å². The van der Waals surface area contributed by atoms with E-state index in [4.69, 9.17) is 4.74 Å². The van der Waals surface area contributed by atoms with Crippen molar-refractivity contribution in [1.82, 2.24) is 10.6 Å². The van der Waals surface area contributed by atoms with Crippen molar-refractivity contribution in [2.24, 2.45) is 4.99 Å². The van der Waals surface area contributed by atoms with E-state index in [2.05, 4.69) is 27.8 Å². The number of nitro benzene ring substituents is 1. The molecule has 0 atom stereocenters. The zero-order chi connectivity index (χ0) is 18.6. The van der Waals surface area contributed by atoms with Gasteiger partial charge in [-0.15, -0.1) is 24.0 Å². The second-order valence-corrected chi connectivity index (χ2v) is 5.67. The summed E-state index contributed by atoms with van der Waals surface area (Å²) in [6.07, 6.45) is 0.892. The monoisotopic (exact) mass is 484 g/mol. The molecule has 7 nitrogen and oxygen atoms in total. The first-order valence-corrected chi connectivity index (χ1v) is 8.47. The predicted octanol–water partition coefficient (Wildman–Crippen LogP) is 3.14. The molecule has 2 rings (SSSR count). The van der Waals surface area contributed by atoms with Crippen LogP contribution < -0.4 is 10.6 Å². The van der Waals surface area contributed by atoms with Crippen LogP contribution in [0, 0.1) is 10.1 Å². The Labute approximate surface area is 176 Å². The van der Waals surface area contributed by atoms with Crippen LogP contribution >= 0.6 is 24.0 Å². The highest BCUT2D eigenvalue weighted by atomic mass is 127. The number of guanidine groups is 1. The van der Waals surface area contributed by atoms with Crippen molar-refractivity contribution in [1.29, 1.82) is 0 Å². The molecule has 0 saturated heterocycles. The third-order valence-electron chi connectivity index (χ3n) is 3.71. The second-order valence-electron chi connectivity index (χ2n) is 5.67. The average Bonchev–Trinajstić information content (AvgIpc) is 2.67. The molecule has 0 fully saturated rings. The number of nitrogens with one attached hydrogen (secondary N) is 2. The van der Waals surface area contributed by atoms with Gasteiger partial charge in [-0.25, -0.2) is 4.99 Å². The summed E-state index contributed by atoms with van der Waals surface area (Å²) in [5.74, 6) is 0.691. The number of nitrogens with zero attached hydrogens (tertiary/aromatic N) is 2. The summed E-state index contributed by atoms with van der Waals surface area (Å²) in [7, 11) is 1.65. The number of nitro groups is 1. The Balaban J connectivity index is 0.00000364. The Kier molecular flexibility index (Phi) is 11.0. The molecule has 0 spiro atoms. The molecule has 0 aliphatic carbocycles. The SMILES string of the molecule is COCCNC(=NCc1ccc([N+](=O)[O-])cc1)NCCc1ccccc1.I. The molecule has 0 radical (unpaired) electrons. The van der Waals surface area contributed by atoms with Crippen LogP contribution in [0.2, 0.25) is 0 Å². The first-order valence-electron chi connectivity index (χ1n) is 8.47. The maximum Gasteiger partial charge on any atom is 0.269 e. The lowest BCUT2D eigenvalue weighted by Gasteiger charge is -2.12. The molecular formula is C19H25IN4O3. The largest absolute Gasteiger partial charge is 0.383 e. The Bertz CT molecular complexity index is 709. The van der Waals surface area contributed by atoms with Crippen molar-refractivity contribution < 1.29 is 9.66 Å². The molecule has 2 aromatic carbocycles. The van der Waals surface area contributed by atoms with Crippen molar-refractivity contribution >= 4 is 35.6 Å². The van der Waals surface area contributed by atoms with Gasteiger partial charge in [-0.05, 0) is 17.5 Å². The van der Waals surface area contributed by atoms with E-state index in [1.165, 1.54) is 17.7 Å². The summed E-state index contributed by atoms with van der Waals surface area (Å²) in [6, 6.07) is 16.7. The van der Waals surface area contributed by atoms with Crippen LogP contribution in [0.25, 0.3) is 0 Å². The van der Waals surface area contributed by atoms with Crippen LogP contribution in [-0.2, 0) is 17.7 Å². The summed E-state index contributed by atoms with van der Waals surface area (Å²) in [5.41, 5.74) is 2.25. The number of aliphatic imine (C=N–C) groups is 1. The van der Waals surface area contributed by atoms with Gasteiger partial charge in [-0.2, -0.15) is 0 Å². The molecule has 0 bridgehead atoms. The number of rotatable bonds is 9. The highest BCUT2D eigenvalue weighted by molar-refractivity contribution is 14.0. The van der Waals surface area contributed by atoms with Crippen LogP contribution in [-0.4, -0.2) is 37.7 Å². The van der Waals surface area contributed by atoms with Gasteiger partial charge in [0, 0.05) is 32.3 Å². The van der Waals surface area contributed by atoms with Gasteiger partial charge in [0.2, 0.25) is 0 Å². The molecule has 0 unspecified atom stereocenters. The Morgan fingerprint density at radius 1 is 1.04 bits per heavy atom. The van der Waals surface area contributed by atoms with Gasteiger partial charge in [-0.1, -0.05) is 42.5 Å². The zero-order valence-electron chi connectivity index (χ0n) is 15.3. The van der Waals surface area contributed by atoms with Gasteiger partial charge < -0.3 is 15.4 Å². The summed E-state index contributed by atoms with van der Waals surface area (Å²) in [4.78, 5) is 14.8. The number of benzene rings is 2. The highest BCUT2D eigenvalue weighted by Crippen LogP contribution is 2.12. The predicted molar refractivity (Wildman–Crippen MR) is 118 cm³/mol. The number of ether oxygens (including phenoxy) is 1. The van der Waals surface area contributed by atoms with Gasteiger partial charge in [0.15, 0.2) is 5.96 Å². The second kappa shape index (κ2) is 13.0. The van der Waals surface area contributed by atoms with Crippen LogP contribution in [0.4, 0.5) is 5.69 Å². The van der Waals surface area contributed by atoms with E-state index in [9.17, 15) is 10.1 Å². The minimum absolute atomic E-state index is 0. The number of hydrogen-bond donors (Lipinski definition) is 2. The van der Waals surface area contributed by atoms with Crippen molar-refractivity contribution in [2.45, 2.75) is 13.0 Å². The molecule has 0 heterocycles. The van der Waals surface area contributed by atoms with Gasteiger partial charge in [0.25, 0.3) is 5.69 Å². The van der Waals surface area contributed by atoms with Gasteiger partial charge >= 0.3 is 0 Å². The fraction of sp³-hybridized carbons (Fsp3) is 0.316. The molecule has 0 aliphatic rings. The van der Waals surface area contributed by atoms with E-state index in [1.54, 1.807) is 19.2 Å². The fourth-order valence-electron chi connectivity index (χ4n) is 2.31. The number of methoxy groups -OCH3 is 1. The number of halogens is 1. The van der Waals surface area contributed by atoms with E-state index in [0.717, 1.165) is 18.5 Å². The van der Waals surface area contributed by atoms with Gasteiger partial charge in [0.1, 0.15) is 0 Å². The zero-order valence-corrected chi connectivity index (χ0v) is 17.6. The minimum Gasteiger partial charge on any atom is -0.383 e. The molecule has 0 aromatic heterocycles. The van der Waals surface area contributed by atoms with E-state index >= 15 is 0 Å². The van der Waals surface area contributed by atoms with E-state index in [0.29, 0.717) is 25.7 Å². The summed E-state index contributed by atoms with van der Waals surface area (Å²) in [6.45, 7) is 2.42. The quantitative estimate of drug-likeness (QED) is 0.143. The van der Waals surface area contributed by atoms with E-state index < -0.39 is 4.92 Å². The van der Waals surface area contributed by atoms with E-state index in [1.807, 2.05) is 18.2 Å². The van der Waals surface area contributed by atoms with Crippen molar-refractivity contribution in [3.63, 3.8) is 0 Å². The Morgan fingerprint density at radius 2 is 1.70 bits per heavy atom. The van der Waals surface area contributed by atoms with Crippen LogP contribution in [0.1, 0.15) is 11.1 Å². The normalized spacial score (nSPS) is 10.8. The fourth-order valence-corrected chi connectivity index (χ4v) is 2.31. The van der Waals surface area contributed by atoms with Crippen LogP contribution in [0.15, 0.2) is 59.6 Å². The minimum atomic E-state index is -0.407. The molecular weight excluding hydrogens is 459 g/mol. The maximum atomic E-state index is 10.7. The summed E-state index contributed by atoms with van der Waals surface area (Å²) < 4.78 is 5.06. The molecule has 27 heavy (non-hydrogen) atoms. The lowest BCUT2D eigenvalue weighted by molar-refractivity contribution is -0.384. The summed E-state index contributed by atoms with van der Waals surface area (Å²) in [5, 5.41) is 17.2. The van der Waals surface area contributed by atoms with Gasteiger partial charge in [-0.3, -0.25) is 10.1 Å². The smallest absolute Gasteiger partial charge is 0.269 e. The van der Waals surface area contributed by atoms with Crippen molar-refractivity contribution in [3.8, 4) is 0 Å². The standard InChI is InChI=1S/C19H24N4O3.HI/c1-26-14-13-21-19(20-12-11-16-5-3-2-4-6-16)22-15-17-7-9-18(10-8-17)23(24)25;/h2-10H,11-15H2,1H3,(H2,20,21,22);1H. The molecule has 0 aliphatic heterocycles. The van der Waals surface area contributed by atoms with Crippen molar-refractivity contribution in [2.75, 3.05) is 26.8 Å². The number of hydrogen-bond acceptors (Lipinski definition) is 4. The number of non-ortho nitro benzene ring substituents is 1.